The van der Waals surface area contributed by atoms with Gasteiger partial charge in [-0.15, -0.1) is 0 Å². The number of aliphatic hydroxyl groups excluding tert-OH is 1. The number of hydrogen-bond donors (Lipinski definition) is 1. The molecule has 21 heavy (non-hydrogen) atoms. The average Bonchev–Trinajstić information content (AvgIpc) is 2.97. The Kier molecular flexibility index (Phi) is 4.53. The van der Waals surface area contributed by atoms with E-state index in [0.29, 0.717) is 29.2 Å². The fourth-order valence-electron chi connectivity index (χ4n) is 2.55. The molecule has 0 spiro atoms. The smallest absolute Gasteiger partial charge is 0.241 e. The molecule has 1 aromatic carbocycles. The van der Waals surface area contributed by atoms with Crippen LogP contribution in [-0.4, -0.2) is 39.8 Å². The van der Waals surface area contributed by atoms with Gasteiger partial charge >= 0.3 is 0 Å². The molecule has 0 radical (unpaired) electrons. The first-order chi connectivity index (χ1) is 10.2. The van der Waals surface area contributed by atoms with Gasteiger partial charge in [0.2, 0.25) is 11.7 Å². The minimum Gasteiger partial charge on any atom is -0.396 e. The van der Waals surface area contributed by atoms with Crippen LogP contribution in [0.15, 0.2) is 28.8 Å². The lowest BCUT2D eigenvalue weighted by Crippen LogP contribution is -2.34. The molecule has 0 atom stereocenters. The summed E-state index contributed by atoms with van der Waals surface area (Å²) in [5.41, 5.74) is 0.897. The molecular formula is C15H18ClN3O2. The van der Waals surface area contributed by atoms with Crippen molar-refractivity contribution in [3.8, 4) is 11.4 Å². The van der Waals surface area contributed by atoms with Gasteiger partial charge in [-0.25, -0.2) is 0 Å². The Hall–Kier alpha value is -1.43. The van der Waals surface area contributed by atoms with E-state index in [0.717, 1.165) is 31.5 Å². The minimum absolute atomic E-state index is 0.287. The molecule has 0 saturated carbocycles. The van der Waals surface area contributed by atoms with Crippen molar-refractivity contribution < 1.29 is 9.63 Å². The molecule has 2 aromatic rings. The Morgan fingerprint density at radius 2 is 1.95 bits per heavy atom. The van der Waals surface area contributed by atoms with Gasteiger partial charge in [0.25, 0.3) is 0 Å². The van der Waals surface area contributed by atoms with E-state index < -0.39 is 0 Å². The lowest BCUT2D eigenvalue weighted by atomic mass is 9.98. The van der Waals surface area contributed by atoms with Crippen LogP contribution in [0.1, 0.15) is 18.7 Å². The van der Waals surface area contributed by atoms with Crippen molar-refractivity contribution in [2.75, 3.05) is 19.7 Å². The highest BCUT2D eigenvalue weighted by Crippen LogP contribution is 2.21. The number of aromatic nitrogens is 2. The summed E-state index contributed by atoms with van der Waals surface area (Å²) >= 11 is 5.87. The van der Waals surface area contributed by atoms with Crippen molar-refractivity contribution in [3.63, 3.8) is 0 Å². The van der Waals surface area contributed by atoms with Crippen molar-refractivity contribution in [1.82, 2.24) is 15.0 Å². The van der Waals surface area contributed by atoms with Crippen molar-refractivity contribution in [2.24, 2.45) is 5.92 Å². The van der Waals surface area contributed by atoms with Crippen LogP contribution in [0, 0.1) is 5.92 Å². The maximum atomic E-state index is 9.15. The second-order valence-electron chi connectivity index (χ2n) is 5.42. The SMILES string of the molecule is OCC1CCN(Cc2nc(-c3ccc(Cl)cc3)no2)CC1. The number of nitrogens with zero attached hydrogens (tertiary/aromatic N) is 3. The van der Waals surface area contributed by atoms with Gasteiger partial charge in [-0.2, -0.15) is 4.98 Å². The molecule has 0 aliphatic carbocycles. The molecule has 0 bridgehead atoms. The van der Waals surface area contributed by atoms with Crippen LogP contribution in [0.25, 0.3) is 11.4 Å². The Morgan fingerprint density at radius 1 is 1.24 bits per heavy atom. The lowest BCUT2D eigenvalue weighted by molar-refractivity contribution is 0.119. The lowest BCUT2D eigenvalue weighted by Gasteiger charge is -2.29. The second kappa shape index (κ2) is 6.56. The van der Waals surface area contributed by atoms with Crippen LogP contribution in [0.5, 0.6) is 0 Å². The molecule has 112 valence electrons. The van der Waals surface area contributed by atoms with Gasteiger partial charge in [0.05, 0.1) is 6.54 Å². The third kappa shape index (κ3) is 3.61. The molecule has 2 heterocycles. The van der Waals surface area contributed by atoms with Crippen LogP contribution in [0.4, 0.5) is 0 Å². The van der Waals surface area contributed by atoms with Gasteiger partial charge in [-0.3, -0.25) is 4.90 Å². The summed E-state index contributed by atoms with van der Waals surface area (Å²) in [6.07, 6.45) is 2.04. The Bertz CT molecular complexity index is 577. The van der Waals surface area contributed by atoms with Crippen LogP contribution in [-0.2, 0) is 6.54 Å². The number of halogens is 1. The number of piperidine rings is 1. The van der Waals surface area contributed by atoms with E-state index in [1.54, 1.807) is 0 Å². The van der Waals surface area contributed by atoms with Gasteiger partial charge in [-0.1, -0.05) is 16.8 Å². The molecule has 1 N–H and O–H groups in total. The zero-order chi connectivity index (χ0) is 14.7. The number of aliphatic hydroxyl groups is 1. The first kappa shape index (κ1) is 14.5. The normalized spacial score (nSPS) is 17.2. The van der Waals surface area contributed by atoms with Gasteiger partial charge in [0, 0.05) is 17.2 Å². The molecule has 6 heteroatoms. The summed E-state index contributed by atoms with van der Waals surface area (Å²) in [6.45, 7) is 2.88. The summed E-state index contributed by atoms with van der Waals surface area (Å²) in [5, 5.41) is 13.9. The fraction of sp³-hybridized carbons (Fsp3) is 0.467. The number of hydrogen-bond acceptors (Lipinski definition) is 5. The summed E-state index contributed by atoms with van der Waals surface area (Å²) < 4.78 is 5.32. The molecule has 1 aromatic heterocycles. The molecule has 0 unspecified atom stereocenters. The standard InChI is InChI=1S/C15H18ClN3O2/c16-13-3-1-12(2-4-13)15-17-14(21-18-15)9-19-7-5-11(10-20)6-8-19/h1-4,11,20H,5-10H2. The van der Waals surface area contributed by atoms with Crippen LogP contribution in [0.2, 0.25) is 5.02 Å². The highest BCUT2D eigenvalue weighted by atomic mass is 35.5. The molecule has 1 saturated heterocycles. The molecule has 1 fully saturated rings. The van der Waals surface area contributed by atoms with Gasteiger partial charge in [0.1, 0.15) is 0 Å². The Morgan fingerprint density at radius 3 is 2.62 bits per heavy atom. The quantitative estimate of drug-likeness (QED) is 0.940. The highest BCUT2D eigenvalue weighted by Gasteiger charge is 2.20. The second-order valence-corrected chi connectivity index (χ2v) is 5.86. The van der Waals surface area contributed by atoms with Gasteiger partial charge in [-0.05, 0) is 56.1 Å². The third-order valence-electron chi connectivity index (χ3n) is 3.89. The monoisotopic (exact) mass is 307 g/mol. The number of likely N-dealkylation sites (tertiary alicyclic amines) is 1. The Balaban J connectivity index is 1.62. The van der Waals surface area contributed by atoms with Crippen LogP contribution < -0.4 is 0 Å². The molecule has 3 rings (SSSR count). The Labute approximate surface area is 128 Å². The van der Waals surface area contributed by atoms with Crippen molar-refractivity contribution in [2.45, 2.75) is 19.4 Å². The van der Waals surface area contributed by atoms with E-state index in [-0.39, 0.29) is 6.61 Å². The van der Waals surface area contributed by atoms with E-state index in [2.05, 4.69) is 15.0 Å². The molecule has 5 nitrogen and oxygen atoms in total. The van der Waals surface area contributed by atoms with Gasteiger partial charge < -0.3 is 9.63 Å². The number of benzene rings is 1. The van der Waals surface area contributed by atoms with E-state index in [4.69, 9.17) is 21.2 Å². The van der Waals surface area contributed by atoms with Crippen molar-refractivity contribution >= 4 is 11.6 Å². The molecule has 1 aliphatic heterocycles. The average molecular weight is 308 g/mol. The highest BCUT2D eigenvalue weighted by molar-refractivity contribution is 6.30. The van der Waals surface area contributed by atoms with Gasteiger partial charge in [0.15, 0.2) is 0 Å². The number of rotatable bonds is 4. The van der Waals surface area contributed by atoms with E-state index in [1.807, 2.05) is 24.3 Å². The van der Waals surface area contributed by atoms with E-state index in [1.165, 1.54) is 0 Å². The largest absolute Gasteiger partial charge is 0.396 e. The maximum absolute atomic E-state index is 9.15. The molecule has 1 aliphatic rings. The molecular weight excluding hydrogens is 290 g/mol. The maximum Gasteiger partial charge on any atom is 0.241 e. The zero-order valence-corrected chi connectivity index (χ0v) is 12.5. The van der Waals surface area contributed by atoms with E-state index in [9.17, 15) is 0 Å². The molecule has 0 amide bonds. The predicted octanol–water partition coefficient (Wildman–Crippen LogP) is 2.59. The minimum atomic E-state index is 0.287. The van der Waals surface area contributed by atoms with Crippen molar-refractivity contribution in [1.29, 1.82) is 0 Å². The van der Waals surface area contributed by atoms with E-state index >= 15 is 0 Å². The van der Waals surface area contributed by atoms with Crippen molar-refractivity contribution in [3.05, 3.63) is 35.2 Å². The first-order valence-electron chi connectivity index (χ1n) is 7.16. The third-order valence-corrected chi connectivity index (χ3v) is 4.15. The summed E-state index contributed by atoms with van der Waals surface area (Å²) in [5.74, 6) is 1.66. The first-order valence-corrected chi connectivity index (χ1v) is 7.54. The van der Waals surface area contributed by atoms with Crippen LogP contribution >= 0.6 is 11.6 Å². The van der Waals surface area contributed by atoms with Crippen LogP contribution in [0.3, 0.4) is 0 Å². The topological polar surface area (TPSA) is 62.4 Å². The predicted molar refractivity (Wildman–Crippen MR) is 79.8 cm³/mol. The fourth-order valence-corrected chi connectivity index (χ4v) is 2.68. The zero-order valence-electron chi connectivity index (χ0n) is 11.7. The summed E-state index contributed by atoms with van der Waals surface area (Å²) in [6, 6.07) is 7.38. The summed E-state index contributed by atoms with van der Waals surface area (Å²) in [7, 11) is 0. The summed E-state index contributed by atoms with van der Waals surface area (Å²) in [4.78, 5) is 6.71.